The van der Waals surface area contributed by atoms with Crippen LogP contribution in [0.2, 0.25) is 0 Å². The van der Waals surface area contributed by atoms with Gasteiger partial charge in [-0.05, 0) is 44.7 Å². The van der Waals surface area contributed by atoms with Crippen molar-refractivity contribution in [3.63, 3.8) is 0 Å². The maximum atomic E-state index is 12.7. The Kier molecular flexibility index (Phi) is 8.74. The molecule has 1 aromatic rings. The molecule has 1 unspecified atom stereocenters. The van der Waals surface area contributed by atoms with Crippen LogP contribution in [0.4, 0.5) is 5.82 Å². The van der Waals surface area contributed by atoms with Crippen LogP contribution in [0.3, 0.4) is 0 Å². The summed E-state index contributed by atoms with van der Waals surface area (Å²) < 4.78 is 0. The molecule has 1 aromatic heterocycles. The summed E-state index contributed by atoms with van der Waals surface area (Å²) in [7, 11) is 1.84. The molecule has 0 aromatic carbocycles. The summed E-state index contributed by atoms with van der Waals surface area (Å²) >= 11 is 0. The molecule has 2 N–H and O–H groups in total. The number of aliphatic imine (C=N–C) groups is 1. The zero-order chi connectivity index (χ0) is 21.2. The number of carbonyl (C=O) groups is 1. The fourth-order valence-electron chi connectivity index (χ4n) is 4.15. The highest BCUT2D eigenvalue weighted by Gasteiger charge is 2.30. The summed E-state index contributed by atoms with van der Waals surface area (Å²) in [5.74, 6) is 2.19. The van der Waals surface area contributed by atoms with Crippen LogP contribution in [-0.2, 0) is 4.79 Å². The number of likely N-dealkylation sites (tertiary alicyclic amines) is 1. The Labute approximate surface area is 180 Å². The third-order valence-corrected chi connectivity index (χ3v) is 6.01. The SMILES string of the molecule is CN=C(NCCCCNc1ccccn1)N1CCN(C(C)C(=O)N2CCCC2)CC1. The number of hydrogen-bond acceptors (Lipinski definition) is 5. The van der Waals surface area contributed by atoms with Gasteiger partial charge in [-0.2, -0.15) is 0 Å². The van der Waals surface area contributed by atoms with Crippen molar-refractivity contribution >= 4 is 17.7 Å². The molecule has 30 heavy (non-hydrogen) atoms. The lowest BCUT2D eigenvalue weighted by Crippen LogP contribution is -2.57. The van der Waals surface area contributed by atoms with Gasteiger partial charge in [0.1, 0.15) is 5.82 Å². The average molecular weight is 416 g/mol. The molecule has 1 atom stereocenters. The third-order valence-electron chi connectivity index (χ3n) is 6.01. The smallest absolute Gasteiger partial charge is 0.239 e. The summed E-state index contributed by atoms with van der Waals surface area (Å²) in [6, 6.07) is 5.88. The lowest BCUT2D eigenvalue weighted by molar-refractivity contribution is -0.135. The van der Waals surface area contributed by atoms with Crippen LogP contribution in [0, 0.1) is 0 Å². The summed E-state index contributed by atoms with van der Waals surface area (Å²) in [5.41, 5.74) is 0. The van der Waals surface area contributed by atoms with Crippen molar-refractivity contribution in [3.05, 3.63) is 24.4 Å². The number of aromatic nitrogens is 1. The lowest BCUT2D eigenvalue weighted by atomic mass is 10.2. The minimum absolute atomic E-state index is 0.0215. The number of nitrogens with zero attached hydrogens (tertiary/aromatic N) is 5. The molecule has 0 bridgehead atoms. The normalized spacial score (nSPS) is 19.1. The second-order valence-corrected chi connectivity index (χ2v) is 8.05. The number of amides is 1. The molecule has 2 fully saturated rings. The van der Waals surface area contributed by atoms with E-state index in [1.54, 1.807) is 6.20 Å². The molecule has 0 aliphatic carbocycles. The van der Waals surface area contributed by atoms with Gasteiger partial charge in [0.15, 0.2) is 5.96 Å². The molecular formula is C22H37N7O. The van der Waals surface area contributed by atoms with Crippen molar-refractivity contribution in [3.8, 4) is 0 Å². The monoisotopic (exact) mass is 415 g/mol. The van der Waals surface area contributed by atoms with Gasteiger partial charge in [0.2, 0.25) is 5.91 Å². The predicted molar refractivity (Wildman–Crippen MR) is 122 cm³/mol. The van der Waals surface area contributed by atoms with Crippen LogP contribution in [0.5, 0.6) is 0 Å². The highest BCUT2D eigenvalue weighted by atomic mass is 16.2. The molecule has 0 spiro atoms. The molecule has 2 aliphatic heterocycles. The molecule has 3 heterocycles. The van der Waals surface area contributed by atoms with Gasteiger partial charge in [-0.25, -0.2) is 4.98 Å². The fraction of sp³-hybridized carbons (Fsp3) is 0.682. The molecule has 0 saturated carbocycles. The molecule has 0 radical (unpaired) electrons. The summed E-state index contributed by atoms with van der Waals surface area (Å²) in [4.78, 5) is 28.0. The lowest BCUT2D eigenvalue weighted by Gasteiger charge is -2.39. The average Bonchev–Trinajstić information content (AvgIpc) is 3.33. The van der Waals surface area contributed by atoms with E-state index in [-0.39, 0.29) is 6.04 Å². The highest BCUT2D eigenvalue weighted by molar-refractivity contribution is 5.82. The van der Waals surface area contributed by atoms with Crippen molar-refractivity contribution < 1.29 is 4.79 Å². The van der Waals surface area contributed by atoms with E-state index in [1.807, 2.05) is 30.1 Å². The Hall–Kier alpha value is -2.35. The number of anilines is 1. The van der Waals surface area contributed by atoms with Gasteiger partial charge in [-0.1, -0.05) is 6.07 Å². The number of carbonyl (C=O) groups excluding carboxylic acids is 1. The largest absolute Gasteiger partial charge is 0.370 e. The first-order chi connectivity index (χ1) is 14.7. The Morgan fingerprint density at radius 1 is 1.07 bits per heavy atom. The van der Waals surface area contributed by atoms with Crippen molar-refractivity contribution in [1.82, 2.24) is 25.0 Å². The van der Waals surface area contributed by atoms with E-state index in [0.717, 1.165) is 89.8 Å². The number of piperazine rings is 1. The number of unbranched alkanes of at least 4 members (excludes halogenated alkanes) is 1. The second-order valence-electron chi connectivity index (χ2n) is 8.05. The molecule has 2 aliphatic rings. The van der Waals surface area contributed by atoms with Crippen LogP contribution < -0.4 is 10.6 Å². The van der Waals surface area contributed by atoms with Gasteiger partial charge < -0.3 is 20.4 Å². The van der Waals surface area contributed by atoms with Crippen LogP contribution >= 0.6 is 0 Å². The van der Waals surface area contributed by atoms with E-state index in [4.69, 9.17) is 0 Å². The summed E-state index contributed by atoms with van der Waals surface area (Å²) in [6.07, 6.45) is 6.24. The minimum Gasteiger partial charge on any atom is -0.370 e. The standard InChI is InChI=1S/C22H37N7O/c1-19(21(30)28-13-7-8-14-28)27-15-17-29(18-16-27)22(23-2)26-12-6-5-11-25-20-9-3-4-10-24-20/h3-4,9-10,19H,5-8,11-18H2,1-2H3,(H,23,26)(H,24,25). The van der Waals surface area contributed by atoms with Crippen molar-refractivity contribution in [1.29, 1.82) is 0 Å². The van der Waals surface area contributed by atoms with Crippen molar-refractivity contribution in [2.24, 2.45) is 4.99 Å². The summed E-state index contributed by atoms with van der Waals surface area (Å²) in [6.45, 7) is 9.33. The van der Waals surface area contributed by atoms with Gasteiger partial charge >= 0.3 is 0 Å². The van der Waals surface area contributed by atoms with Crippen molar-refractivity contribution in [2.45, 2.75) is 38.6 Å². The first-order valence-corrected chi connectivity index (χ1v) is 11.3. The van der Waals surface area contributed by atoms with E-state index in [2.05, 4.69) is 37.3 Å². The van der Waals surface area contributed by atoms with E-state index in [9.17, 15) is 4.79 Å². The zero-order valence-electron chi connectivity index (χ0n) is 18.5. The van der Waals surface area contributed by atoms with E-state index >= 15 is 0 Å². The first kappa shape index (κ1) is 22.3. The Morgan fingerprint density at radius 3 is 2.47 bits per heavy atom. The quantitative estimate of drug-likeness (QED) is 0.381. The van der Waals surface area contributed by atoms with Gasteiger partial charge in [-0.3, -0.25) is 14.7 Å². The molecule has 1 amide bonds. The number of hydrogen-bond donors (Lipinski definition) is 2. The predicted octanol–water partition coefficient (Wildman–Crippen LogP) is 1.48. The number of guanidine groups is 1. The molecule has 166 valence electrons. The number of rotatable bonds is 8. The molecule has 8 nitrogen and oxygen atoms in total. The number of pyridine rings is 1. The maximum absolute atomic E-state index is 12.7. The van der Waals surface area contributed by atoms with E-state index in [1.165, 1.54) is 0 Å². The Morgan fingerprint density at radius 2 is 1.80 bits per heavy atom. The molecule has 3 rings (SSSR count). The van der Waals surface area contributed by atoms with E-state index < -0.39 is 0 Å². The van der Waals surface area contributed by atoms with Crippen LogP contribution in [0.1, 0.15) is 32.6 Å². The minimum atomic E-state index is -0.0215. The van der Waals surface area contributed by atoms with Gasteiger partial charge in [0.25, 0.3) is 0 Å². The fourth-order valence-corrected chi connectivity index (χ4v) is 4.15. The van der Waals surface area contributed by atoms with Gasteiger partial charge in [0, 0.05) is 65.6 Å². The zero-order valence-corrected chi connectivity index (χ0v) is 18.5. The highest BCUT2D eigenvalue weighted by Crippen LogP contribution is 2.14. The topological polar surface area (TPSA) is 76.1 Å². The van der Waals surface area contributed by atoms with Gasteiger partial charge in [-0.15, -0.1) is 0 Å². The van der Waals surface area contributed by atoms with Crippen LogP contribution in [0.25, 0.3) is 0 Å². The van der Waals surface area contributed by atoms with Crippen LogP contribution in [-0.4, -0.2) is 97.0 Å². The van der Waals surface area contributed by atoms with Gasteiger partial charge in [0.05, 0.1) is 6.04 Å². The number of nitrogens with one attached hydrogen (secondary N) is 2. The Balaban J connectivity index is 1.32. The first-order valence-electron chi connectivity index (χ1n) is 11.3. The third kappa shape index (κ3) is 6.32. The summed E-state index contributed by atoms with van der Waals surface area (Å²) in [5, 5.41) is 6.83. The van der Waals surface area contributed by atoms with Crippen molar-refractivity contribution in [2.75, 3.05) is 64.7 Å². The van der Waals surface area contributed by atoms with Crippen LogP contribution in [0.15, 0.2) is 29.4 Å². The second kappa shape index (κ2) is 11.7. The maximum Gasteiger partial charge on any atom is 0.239 e. The molecule has 2 saturated heterocycles. The molecular weight excluding hydrogens is 378 g/mol. The van der Waals surface area contributed by atoms with E-state index in [0.29, 0.717) is 5.91 Å². The molecule has 8 heteroatoms. The Bertz CT molecular complexity index is 667.